The molecule has 0 aliphatic rings. The smallest absolute Gasteiger partial charge is 0.236 e. The lowest BCUT2D eigenvalue weighted by atomic mass is 10.1. The number of hydrogen-bond donors (Lipinski definition) is 1. The number of methoxy groups -OCH3 is 1. The lowest BCUT2D eigenvalue weighted by Crippen LogP contribution is -2.18. The van der Waals surface area contributed by atoms with Crippen molar-refractivity contribution in [3.63, 3.8) is 0 Å². The molecule has 35 heavy (non-hydrogen) atoms. The van der Waals surface area contributed by atoms with Crippen molar-refractivity contribution >= 4 is 23.5 Å². The van der Waals surface area contributed by atoms with Crippen molar-refractivity contribution in [2.75, 3.05) is 18.2 Å². The number of nitrogens with one attached hydrogen (secondary N) is 1. The molecule has 0 fully saturated rings. The third kappa shape index (κ3) is 4.63. The summed E-state index contributed by atoms with van der Waals surface area (Å²) in [6, 6.07) is 15.6. The number of benzene rings is 2. The minimum atomic E-state index is -0.269. The van der Waals surface area contributed by atoms with Gasteiger partial charge in [0.2, 0.25) is 11.1 Å². The summed E-state index contributed by atoms with van der Waals surface area (Å²) in [6.45, 7) is 7.78. The van der Waals surface area contributed by atoms with Gasteiger partial charge >= 0.3 is 0 Å². The number of nitriles is 1. The molecule has 1 N–H and O–H groups in total. The summed E-state index contributed by atoms with van der Waals surface area (Å²) >= 11 is 1.23. The summed E-state index contributed by atoms with van der Waals surface area (Å²) < 4.78 is 8.77. The summed E-state index contributed by atoms with van der Waals surface area (Å²) in [6.07, 6.45) is 0. The van der Waals surface area contributed by atoms with Crippen LogP contribution in [-0.4, -0.2) is 43.5 Å². The van der Waals surface area contributed by atoms with Crippen LogP contribution in [0.2, 0.25) is 0 Å². The molecule has 4 aromatic rings. The monoisotopic (exact) mass is 487 g/mol. The predicted molar refractivity (Wildman–Crippen MR) is 134 cm³/mol. The second kappa shape index (κ2) is 10.0. The molecule has 10 heteroatoms. The number of rotatable bonds is 7. The Morgan fingerprint density at radius 1 is 1.11 bits per heavy atom. The second-order valence-electron chi connectivity index (χ2n) is 8.03. The first-order chi connectivity index (χ1) is 16.8. The van der Waals surface area contributed by atoms with Crippen molar-refractivity contribution in [1.82, 2.24) is 24.8 Å². The second-order valence-corrected chi connectivity index (χ2v) is 8.97. The van der Waals surface area contributed by atoms with Crippen molar-refractivity contribution < 1.29 is 9.53 Å². The van der Waals surface area contributed by atoms with Gasteiger partial charge in [-0.3, -0.25) is 9.36 Å². The first-order valence-electron chi connectivity index (χ1n) is 10.9. The molecule has 9 nitrogen and oxygen atoms in total. The van der Waals surface area contributed by atoms with Crippen LogP contribution in [0.5, 0.6) is 5.75 Å². The Bertz CT molecular complexity index is 1410. The van der Waals surface area contributed by atoms with Gasteiger partial charge in [0.15, 0.2) is 0 Å². The molecule has 0 radical (unpaired) electrons. The van der Waals surface area contributed by atoms with Crippen LogP contribution < -0.4 is 10.1 Å². The molecule has 1 amide bonds. The number of thioether (sulfide) groups is 1. The van der Waals surface area contributed by atoms with Crippen molar-refractivity contribution in [1.29, 1.82) is 5.26 Å². The van der Waals surface area contributed by atoms with Gasteiger partial charge < -0.3 is 10.1 Å². The lowest BCUT2D eigenvalue weighted by Gasteiger charge is -2.14. The number of ether oxygens (including phenoxy) is 1. The number of nitrogens with zero attached hydrogens (tertiary/aromatic N) is 6. The minimum absolute atomic E-state index is 0.0715. The Kier molecular flexibility index (Phi) is 6.89. The standard InChI is InChI=1S/C25H25N7O2S/c1-15-7-6-8-16(2)23(15)32-25(28-29-30-32)35-14-22(33)27-24-21(13-26)17(3)18(4)31(24)19-9-11-20(34-5)12-10-19/h6-12H,14H2,1-5H3,(H,27,33). The molecule has 4 rings (SSSR count). The average molecular weight is 488 g/mol. The van der Waals surface area contributed by atoms with E-state index in [0.29, 0.717) is 16.5 Å². The SMILES string of the molecule is COc1ccc(-n2c(C)c(C)c(C#N)c2NC(=O)CSc2nnnn2-c2c(C)cccc2C)cc1. The zero-order valence-electron chi connectivity index (χ0n) is 20.2. The van der Waals surface area contributed by atoms with Crippen molar-refractivity contribution in [2.45, 2.75) is 32.9 Å². The van der Waals surface area contributed by atoms with E-state index in [-0.39, 0.29) is 11.7 Å². The Labute approximate surface area is 207 Å². The molecule has 0 unspecified atom stereocenters. The van der Waals surface area contributed by atoms with E-state index in [9.17, 15) is 10.1 Å². The molecule has 2 aromatic heterocycles. The summed E-state index contributed by atoms with van der Waals surface area (Å²) in [5, 5.41) is 25.3. The van der Waals surface area contributed by atoms with Crippen LogP contribution in [0.3, 0.4) is 0 Å². The maximum absolute atomic E-state index is 13.0. The molecule has 178 valence electrons. The molecule has 0 bridgehead atoms. The van der Waals surface area contributed by atoms with Gasteiger partial charge in [-0.25, -0.2) is 0 Å². The Balaban J connectivity index is 1.59. The van der Waals surface area contributed by atoms with E-state index in [1.807, 2.05) is 74.7 Å². The van der Waals surface area contributed by atoms with E-state index < -0.39 is 0 Å². The van der Waals surface area contributed by atoms with Gasteiger partial charge in [0.1, 0.15) is 17.6 Å². The van der Waals surface area contributed by atoms with E-state index in [0.717, 1.165) is 39.5 Å². The van der Waals surface area contributed by atoms with Gasteiger partial charge in [-0.05, 0) is 79.1 Å². The highest BCUT2D eigenvalue weighted by Crippen LogP contribution is 2.31. The van der Waals surface area contributed by atoms with Gasteiger partial charge in [0.25, 0.3) is 0 Å². The normalized spacial score (nSPS) is 10.7. The van der Waals surface area contributed by atoms with Crippen LogP contribution in [0.4, 0.5) is 5.82 Å². The number of amides is 1. The molecule has 0 spiro atoms. The number of carbonyl (C=O) groups is 1. The molecule has 2 heterocycles. The maximum atomic E-state index is 13.0. The van der Waals surface area contributed by atoms with Crippen LogP contribution in [0.1, 0.15) is 27.9 Å². The largest absolute Gasteiger partial charge is 0.497 e. The minimum Gasteiger partial charge on any atom is -0.497 e. The summed E-state index contributed by atoms with van der Waals surface area (Å²) in [5.74, 6) is 0.962. The number of carbonyl (C=O) groups excluding carboxylic acids is 1. The number of aromatic nitrogens is 5. The van der Waals surface area contributed by atoms with Gasteiger partial charge in [0.05, 0.1) is 24.1 Å². The highest BCUT2D eigenvalue weighted by Gasteiger charge is 2.22. The maximum Gasteiger partial charge on any atom is 0.236 e. The summed E-state index contributed by atoms with van der Waals surface area (Å²) in [7, 11) is 1.61. The average Bonchev–Trinajstić information content (AvgIpc) is 3.40. The quantitative estimate of drug-likeness (QED) is 0.387. The van der Waals surface area contributed by atoms with Crippen molar-refractivity contribution in [3.05, 3.63) is 70.4 Å². The molecule has 0 aliphatic carbocycles. The van der Waals surface area contributed by atoms with Gasteiger partial charge in [-0.1, -0.05) is 30.0 Å². The fraction of sp³-hybridized carbons (Fsp3) is 0.240. The molecular formula is C25H25N7O2S. The Morgan fingerprint density at radius 3 is 2.43 bits per heavy atom. The zero-order chi connectivity index (χ0) is 25.1. The van der Waals surface area contributed by atoms with Crippen LogP contribution in [0, 0.1) is 39.0 Å². The van der Waals surface area contributed by atoms with E-state index in [4.69, 9.17) is 4.74 Å². The number of aryl methyl sites for hydroxylation is 2. The summed E-state index contributed by atoms with van der Waals surface area (Å²) in [5.41, 5.74) is 5.88. The van der Waals surface area contributed by atoms with E-state index in [1.54, 1.807) is 11.8 Å². The lowest BCUT2D eigenvalue weighted by molar-refractivity contribution is -0.113. The fourth-order valence-electron chi connectivity index (χ4n) is 3.96. The van der Waals surface area contributed by atoms with Gasteiger partial charge in [0, 0.05) is 11.4 Å². The first kappa shape index (κ1) is 24.0. The highest BCUT2D eigenvalue weighted by molar-refractivity contribution is 7.99. The van der Waals surface area contributed by atoms with Gasteiger partial charge in [-0.15, -0.1) is 5.10 Å². The fourth-order valence-corrected chi connectivity index (χ4v) is 4.64. The number of anilines is 1. The van der Waals surface area contributed by atoms with Crippen molar-refractivity contribution in [2.24, 2.45) is 0 Å². The molecule has 0 atom stereocenters. The predicted octanol–water partition coefficient (Wildman–Crippen LogP) is 4.30. The van der Waals surface area contributed by atoms with Crippen molar-refractivity contribution in [3.8, 4) is 23.2 Å². The van der Waals surface area contributed by atoms with Crippen LogP contribution >= 0.6 is 11.8 Å². The molecule has 0 saturated heterocycles. The van der Waals surface area contributed by atoms with E-state index in [2.05, 4.69) is 26.9 Å². The molecule has 0 saturated carbocycles. The van der Waals surface area contributed by atoms with Crippen LogP contribution in [0.25, 0.3) is 11.4 Å². The first-order valence-corrected chi connectivity index (χ1v) is 11.9. The zero-order valence-corrected chi connectivity index (χ0v) is 21.0. The van der Waals surface area contributed by atoms with Crippen LogP contribution in [0.15, 0.2) is 47.6 Å². The summed E-state index contributed by atoms with van der Waals surface area (Å²) in [4.78, 5) is 13.0. The van der Waals surface area contributed by atoms with Gasteiger partial charge in [-0.2, -0.15) is 9.94 Å². The number of para-hydroxylation sites is 1. The van der Waals surface area contributed by atoms with E-state index >= 15 is 0 Å². The topological polar surface area (TPSA) is 111 Å². The molecule has 2 aromatic carbocycles. The molecule has 0 aliphatic heterocycles. The van der Waals surface area contributed by atoms with E-state index in [1.165, 1.54) is 11.8 Å². The Morgan fingerprint density at radius 2 is 1.80 bits per heavy atom. The third-order valence-corrected chi connectivity index (χ3v) is 6.76. The number of hydrogen-bond acceptors (Lipinski definition) is 7. The Hall–Kier alpha value is -4.10. The molecular weight excluding hydrogens is 462 g/mol. The van der Waals surface area contributed by atoms with Crippen LogP contribution in [-0.2, 0) is 4.79 Å². The number of tetrazole rings is 1. The third-order valence-electron chi connectivity index (χ3n) is 5.84. The highest BCUT2D eigenvalue weighted by atomic mass is 32.2.